The van der Waals surface area contributed by atoms with Crippen LogP contribution in [0.5, 0.6) is 5.75 Å². The van der Waals surface area contributed by atoms with Gasteiger partial charge in [0.2, 0.25) is 0 Å². The number of hydrogen-bond donors (Lipinski definition) is 1. The third-order valence-corrected chi connectivity index (χ3v) is 3.04. The molecule has 0 spiro atoms. The molecule has 1 fully saturated rings. The van der Waals surface area contributed by atoms with Gasteiger partial charge >= 0.3 is 0 Å². The van der Waals surface area contributed by atoms with E-state index in [4.69, 9.17) is 9.47 Å². The van der Waals surface area contributed by atoms with E-state index in [0.29, 0.717) is 0 Å². The molecule has 2 rings (SSSR count). The second-order valence-corrected chi connectivity index (χ2v) is 4.40. The third-order valence-electron chi connectivity index (χ3n) is 3.04. The predicted octanol–water partition coefficient (Wildman–Crippen LogP) is 0.951. The van der Waals surface area contributed by atoms with Crippen LogP contribution in [-0.4, -0.2) is 57.6 Å². The third kappa shape index (κ3) is 4.89. The first kappa shape index (κ1) is 13.8. The minimum atomic E-state index is 0.840. The van der Waals surface area contributed by atoms with Crippen molar-refractivity contribution in [1.29, 1.82) is 0 Å². The van der Waals surface area contributed by atoms with Gasteiger partial charge < -0.3 is 14.9 Å². The molecule has 1 N–H and O–H groups in total. The number of nitrogens with one attached hydrogen (secondary N) is 1. The number of rotatable bonds is 6. The van der Waals surface area contributed by atoms with Crippen LogP contribution in [0.4, 0.5) is 0 Å². The quantitative estimate of drug-likeness (QED) is 0.471. The first-order valence-corrected chi connectivity index (χ1v) is 6.58. The minimum Gasteiger partial charge on any atom is -0.497 e. The fraction of sp³-hybridized carbons (Fsp3) is 0.500. The van der Waals surface area contributed by atoms with E-state index in [1.54, 1.807) is 7.11 Å². The molecule has 1 aromatic carbocycles. The van der Waals surface area contributed by atoms with Crippen LogP contribution < -0.4 is 10.2 Å². The molecule has 1 aliphatic rings. The number of hydrogen-bond acceptors (Lipinski definition) is 5. The van der Waals surface area contributed by atoms with E-state index < -0.39 is 0 Å². The summed E-state index contributed by atoms with van der Waals surface area (Å²) in [6, 6.07) is 7.82. The van der Waals surface area contributed by atoms with E-state index in [2.05, 4.69) is 15.4 Å². The van der Waals surface area contributed by atoms with Gasteiger partial charge in [0.05, 0.1) is 26.5 Å². The highest BCUT2D eigenvalue weighted by atomic mass is 16.5. The molecule has 19 heavy (non-hydrogen) atoms. The standard InChI is InChI=1S/C14H21N3O2/c1-18-14-4-2-3-13(11-14)12-16-15-5-6-17-7-9-19-10-8-17/h2-4,11-12,15H,5-10H2,1H3/b16-12+. The molecule has 5 heteroatoms. The number of ether oxygens (including phenoxy) is 2. The molecule has 1 heterocycles. The van der Waals surface area contributed by atoms with E-state index in [9.17, 15) is 0 Å². The van der Waals surface area contributed by atoms with Gasteiger partial charge in [-0.15, -0.1) is 0 Å². The summed E-state index contributed by atoms with van der Waals surface area (Å²) in [5.41, 5.74) is 4.09. The lowest BCUT2D eigenvalue weighted by atomic mass is 10.2. The Kier molecular flexibility index (Phi) is 5.65. The lowest BCUT2D eigenvalue weighted by Gasteiger charge is -2.26. The van der Waals surface area contributed by atoms with Crippen LogP contribution in [0, 0.1) is 0 Å². The Bertz CT molecular complexity index is 403. The molecular weight excluding hydrogens is 242 g/mol. The summed E-state index contributed by atoms with van der Waals surface area (Å²) in [7, 11) is 1.66. The summed E-state index contributed by atoms with van der Waals surface area (Å²) in [5.74, 6) is 0.845. The fourth-order valence-electron chi connectivity index (χ4n) is 1.94. The Balaban J connectivity index is 1.67. The number of benzene rings is 1. The van der Waals surface area contributed by atoms with E-state index in [0.717, 1.165) is 50.7 Å². The van der Waals surface area contributed by atoms with Gasteiger partial charge in [0.1, 0.15) is 5.75 Å². The summed E-state index contributed by atoms with van der Waals surface area (Å²) in [4.78, 5) is 2.37. The molecule has 0 unspecified atom stereocenters. The van der Waals surface area contributed by atoms with Crippen LogP contribution in [0.15, 0.2) is 29.4 Å². The fourth-order valence-corrected chi connectivity index (χ4v) is 1.94. The molecule has 0 atom stereocenters. The number of hydrazone groups is 1. The van der Waals surface area contributed by atoms with Crippen LogP contribution in [0.1, 0.15) is 5.56 Å². The number of methoxy groups -OCH3 is 1. The van der Waals surface area contributed by atoms with E-state index in [1.165, 1.54) is 0 Å². The molecule has 1 aromatic rings. The average molecular weight is 263 g/mol. The van der Waals surface area contributed by atoms with Crippen molar-refractivity contribution >= 4 is 6.21 Å². The van der Waals surface area contributed by atoms with Crippen molar-refractivity contribution < 1.29 is 9.47 Å². The lowest BCUT2D eigenvalue weighted by molar-refractivity contribution is 0.0385. The van der Waals surface area contributed by atoms with Crippen molar-refractivity contribution in [3.63, 3.8) is 0 Å². The number of nitrogens with zero attached hydrogens (tertiary/aromatic N) is 2. The maximum Gasteiger partial charge on any atom is 0.119 e. The normalized spacial score (nSPS) is 16.7. The van der Waals surface area contributed by atoms with Gasteiger partial charge in [0, 0.05) is 26.2 Å². The van der Waals surface area contributed by atoms with Crippen LogP contribution in [0.3, 0.4) is 0 Å². The predicted molar refractivity (Wildman–Crippen MR) is 75.8 cm³/mol. The zero-order chi connectivity index (χ0) is 13.3. The monoisotopic (exact) mass is 263 g/mol. The van der Waals surface area contributed by atoms with Gasteiger partial charge in [0.15, 0.2) is 0 Å². The maximum absolute atomic E-state index is 5.30. The molecule has 0 radical (unpaired) electrons. The molecule has 0 aromatic heterocycles. The second-order valence-electron chi connectivity index (χ2n) is 4.40. The first-order chi connectivity index (χ1) is 9.38. The van der Waals surface area contributed by atoms with Gasteiger partial charge in [-0.1, -0.05) is 12.1 Å². The summed E-state index contributed by atoms with van der Waals surface area (Å²) < 4.78 is 10.5. The van der Waals surface area contributed by atoms with Gasteiger partial charge in [-0.2, -0.15) is 5.10 Å². The van der Waals surface area contributed by atoms with Crippen molar-refractivity contribution in [3.8, 4) is 5.75 Å². The Labute approximate surface area is 114 Å². The molecule has 1 aliphatic heterocycles. The lowest BCUT2D eigenvalue weighted by Crippen LogP contribution is -2.39. The SMILES string of the molecule is COc1cccc(/C=N/NCCN2CCOCC2)c1. The van der Waals surface area contributed by atoms with Gasteiger partial charge in [-0.25, -0.2) is 0 Å². The van der Waals surface area contributed by atoms with Crippen molar-refractivity contribution in [1.82, 2.24) is 10.3 Å². The highest BCUT2D eigenvalue weighted by Gasteiger charge is 2.08. The zero-order valence-electron chi connectivity index (χ0n) is 11.3. The van der Waals surface area contributed by atoms with Gasteiger partial charge in [-0.05, 0) is 17.7 Å². The van der Waals surface area contributed by atoms with E-state index >= 15 is 0 Å². The smallest absolute Gasteiger partial charge is 0.119 e. The van der Waals surface area contributed by atoms with Crippen molar-refractivity contribution in [2.75, 3.05) is 46.5 Å². The first-order valence-electron chi connectivity index (χ1n) is 6.58. The highest BCUT2D eigenvalue weighted by molar-refractivity contribution is 5.79. The Hall–Kier alpha value is -1.59. The molecule has 104 valence electrons. The highest BCUT2D eigenvalue weighted by Crippen LogP contribution is 2.10. The van der Waals surface area contributed by atoms with Crippen LogP contribution in [0.2, 0.25) is 0 Å². The molecule has 0 aliphatic carbocycles. The number of morpholine rings is 1. The van der Waals surface area contributed by atoms with Crippen LogP contribution in [0.25, 0.3) is 0 Å². The van der Waals surface area contributed by atoms with Gasteiger partial charge in [0.25, 0.3) is 0 Å². The minimum absolute atomic E-state index is 0.840. The van der Waals surface area contributed by atoms with Crippen molar-refractivity contribution in [2.45, 2.75) is 0 Å². The molecular formula is C14H21N3O2. The zero-order valence-corrected chi connectivity index (χ0v) is 11.3. The molecule has 1 saturated heterocycles. The average Bonchev–Trinajstić information content (AvgIpc) is 2.48. The largest absolute Gasteiger partial charge is 0.497 e. The van der Waals surface area contributed by atoms with E-state index in [-0.39, 0.29) is 0 Å². The Morgan fingerprint density at radius 3 is 3.05 bits per heavy atom. The molecule has 0 bridgehead atoms. The van der Waals surface area contributed by atoms with Gasteiger partial charge in [-0.3, -0.25) is 4.90 Å². The van der Waals surface area contributed by atoms with Crippen molar-refractivity contribution in [3.05, 3.63) is 29.8 Å². The summed E-state index contributed by atoms with van der Waals surface area (Å²) in [5, 5.41) is 4.21. The summed E-state index contributed by atoms with van der Waals surface area (Å²) in [6.45, 7) is 5.56. The molecule has 0 saturated carbocycles. The molecule has 5 nitrogen and oxygen atoms in total. The second kappa shape index (κ2) is 7.76. The van der Waals surface area contributed by atoms with E-state index in [1.807, 2.05) is 30.5 Å². The summed E-state index contributed by atoms with van der Waals surface area (Å²) >= 11 is 0. The van der Waals surface area contributed by atoms with Crippen LogP contribution >= 0.6 is 0 Å². The maximum atomic E-state index is 5.30. The van der Waals surface area contributed by atoms with Crippen LogP contribution in [-0.2, 0) is 4.74 Å². The molecule has 0 amide bonds. The summed E-state index contributed by atoms with van der Waals surface area (Å²) in [6.07, 6.45) is 1.81. The Morgan fingerprint density at radius 1 is 1.42 bits per heavy atom. The van der Waals surface area contributed by atoms with Crippen molar-refractivity contribution in [2.24, 2.45) is 5.10 Å². The Morgan fingerprint density at radius 2 is 2.26 bits per heavy atom. The topological polar surface area (TPSA) is 46.1 Å².